The highest BCUT2D eigenvalue weighted by atomic mass is 32.2. The molecular formula is C14H16N4O2S. The van der Waals surface area contributed by atoms with Crippen LogP contribution in [0.25, 0.3) is 10.9 Å². The van der Waals surface area contributed by atoms with E-state index in [-0.39, 0.29) is 11.4 Å². The van der Waals surface area contributed by atoms with E-state index < -0.39 is 0 Å². The fraction of sp³-hybridized carbons (Fsp3) is 0.214. The molecule has 1 unspecified atom stereocenters. The summed E-state index contributed by atoms with van der Waals surface area (Å²) in [5, 5.41) is 10.6. The maximum absolute atomic E-state index is 11.9. The normalized spacial score (nSPS) is 17.4. The summed E-state index contributed by atoms with van der Waals surface area (Å²) in [5.41, 5.74) is 2.53. The van der Waals surface area contributed by atoms with Crippen LogP contribution in [0.5, 0.6) is 0 Å². The molecule has 1 aromatic heterocycles. The van der Waals surface area contributed by atoms with Crippen LogP contribution in [0.1, 0.15) is 0 Å². The molecule has 2 heterocycles. The first-order valence-electron chi connectivity index (χ1n) is 6.45. The van der Waals surface area contributed by atoms with Crippen LogP contribution in [0.2, 0.25) is 0 Å². The quantitative estimate of drug-likeness (QED) is 0.754. The number of amides is 1. The summed E-state index contributed by atoms with van der Waals surface area (Å²) in [4.78, 5) is 20.0. The van der Waals surface area contributed by atoms with Crippen LogP contribution >= 0.6 is 11.8 Å². The minimum Gasteiger partial charge on any atom is -0.361 e. The van der Waals surface area contributed by atoms with Crippen LogP contribution in [0.4, 0.5) is 5.69 Å². The lowest BCUT2D eigenvalue weighted by Gasteiger charge is -2.18. The second-order valence-electron chi connectivity index (χ2n) is 4.60. The Morgan fingerprint density at radius 2 is 2.29 bits per heavy atom. The molecule has 0 radical (unpaired) electrons. The number of hydrogen-bond acceptors (Lipinski definition) is 5. The van der Waals surface area contributed by atoms with Crippen molar-refractivity contribution in [2.24, 2.45) is 0 Å². The number of aromatic nitrogens is 1. The van der Waals surface area contributed by atoms with Gasteiger partial charge in [-0.05, 0) is 24.3 Å². The fourth-order valence-corrected chi connectivity index (χ4v) is 2.91. The molecule has 21 heavy (non-hydrogen) atoms. The number of rotatable bonds is 4. The van der Waals surface area contributed by atoms with Gasteiger partial charge in [-0.3, -0.25) is 9.63 Å². The van der Waals surface area contributed by atoms with Crippen molar-refractivity contribution < 1.29 is 9.63 Å². The first-order chi connectivity index (χ1) is 10.2. The predicted octanol–water partition coefficient (Wildman–Crippen LogP) is 2.06. The van der Waals surface area contributed by atoms with Gasteiger partial charge in [-0.1, -0.05) is 11.8 Å². The maximum atomic E-state index is 11.9. The Balaban J connectivity index is 1.64. The van der Waals surface area contributed by atoms with Gasteiger partial charge in [0.15, 0.2) is 0 Å². The SMILES string of the molecule is CON(C)C(=O)C1=CSC(Nc2ccc3[nH]ccc3c2)N1. The Kier molecular flexibility index (Phi) is 3.76. The highest BCUT2D eigenvalue weighted by molar-refractivity contribution is 8.03. The monoisotopic (exact) mass is 304 g/mol. The third-order valence-corrected chi connectivity index (χ3v) is 4.13. The Bertz CT molecular complexity index is 697. The lowest BCUT2D eigenvalue weighted by atomic mass is 10.2. The number of likely N-dealkylation sites (N-methyl/N-ethyl adjacent to an activating group) is 1. The van der Waals surface area contributed by atoms with Crippen molar-refractivity contribution in [1.29, 1.82) is 0 Å². The number of hydroxylamine groups is 2. The van der Waals surface area contributed by atoms with Crippen LogP contribution in [-0.4, -0.2) is 35.6 Å². The summed E-state index contributed by atoms with van der Waals surface area (Å²) in [6.45, 7) is 0. The van der Waals surface area contributed by atoms with E-state index in [1.807, 2.05) is 24.4 Å². The van der Waals surface area contributed by atoms with E-state index in [2.05, 4.69) is 21.7 Å². The van der Waals surface area contributed by atoms with Crippen molar-refractivity contribution in [3.05, 3.63) is 41.6 Å². The molecule has 0 saturated heterocycles. The third-order valence-electron chi connectivity index (χ3n) is 3.25. The van der Waals surface area contributed by atoms with Gasteiger partial charge in [0.25, 0.3) is 5.91 Å². The highest BCUT2D eigenvalue weighted by Gasteiger charge is 2.23. The fourth-order valence-electron chi connectivity index (χ4n) is 2.07. The minimum atomic E-state index is -0.199. The number of fused-ring (bicyclic) bond motifs is 1. The number of thioether (sulfide) groups is 1. The average Bonchev–Trinajstić information content (AvgIpc) is 3.14. The zero-order chi connectivity index (χ0) is 14.8. The second-order valence-corrected chi connectivity index (χ2v) is 5.58. The molecule has 0 fully saturated rings. The van der Waals surface area contributed by atoms with Gasteiger partial charge in [-0.2, -0.15) is 0 Å². The number of aromatic amines is 1. The molecule has 6 nitrogen and oxygen atoms in total. The Morgan fingerprint density at radius 1 is 1.43 bits per heavy atom. The summed E-state index contributed by atoms with van der Waals surface area (Å²) >= 11 is 1.51. The van der Waals surface area contributed by atoms with E-state index in [1.54, 1.807) is 12.5 Å². The molecule has 1 atom stereocenters. The summed E-state index contributed by atoms with van der Waals surface area (Å²) in [6, 6.07) is 8.11. The number of benzene rings is 1. The summed E-state index contributed by atoms with van der Waals surface area (Å²) in [7, 11) is 3.04. The summed E-state index contributed by atoms with van der Waals surface area (Å²) in [6.07, 6.45) is 1.91. The lowest BCUT2D eigenvalue weighted by molar-refractivity contribution is -0.164. The second kappa shape index (κ2) is 5.71. The van der Waals surface area contributed by atoms with E-state index in [9.17, 15) is 4.79 Å². The number of carbonyl (C=O) groups excluding carboxylic acids is 1. The Hall–Kier alpha value is -2.12. The van der Waals surface area contributed by atoms with Crippen molar-refractivity contribution in [3.63, 3.8) is 0 Å². The van der Waals surface area contributed by atoms with Gasteiger partial charge in [0.2, 0.25) is 0 Å². The summed E-state index contributed by atoms with van der Waals surface area (Å²) < 4.78 is 0. The van der Waals surface area contributed by atoms with E-state index in [4.69, 9.17) is 4.84 Å². The molecule has 110 valence electrons. The first kappa shape index (κ1) is 13.8. The van der Waals surface area contributed by atoms with Crippen LogP contribution in [0, 0.1) is 0 Å². The molecule has 2 aromatic rings. The predicted molar refractivity (Wildman–Crippen MR) is 84.3 cm³/mol. The Morgan fingerprint density at radius 3 is 3.10 bits per heavy atom. The zero-order valence-corrected chi connectivity index (χ0v) is 12.5. The molecule has 0 bridgehead atoms. The number of H-pyrrole nitrogens is 1. The number of anilines is 1. The molecule has 0 aliphatic carbocycles. The minimum absolute atomic E-state index is 0.0782. The molecule has 1 aliphatic rings. The molecule has 0 spiro atoms. The van der Waals surface area contributed by atoms with Crippen molar-refractivity contribution in [3.8, 4) is 0 Å². The van der Waals surface area contributed by atoms with E-state index in [0.717, 1.165) is 16.6 Å². The van der Waals surface area contributed by atoms with Crippen molar-refractivity contribution in [2.45, 2.75) is 5.50 Å². The van der Waals surface area contributed by atoms with Crippen molar-refractivity contribution >= 4 is 34.3 Å². The van der Waals surface area contributed by atoms with Crippen LogP contribution in [-0.2, 0) is 9.63 Å². The van der Waals surface area contributed by atoms with Gasteiger partial charge in [0.05, 0.1) is 7.11 Å². The molecule has 0 saturated carbocycles. The largest absolute Gasteiger partial charge is 0.361 e. The average molecular weight is 304 g/mol. The molecule has 3 N–H and O–H groups in total. The lowest BCUT2D eigenvalue weighted by Crippen LogP contribution is -2.36. The molecule has 3 rings (SSSR count). The van der Waals surface area contributed by atoms with Crippen LogP contribution in [0.15, 0.2) is 41.6 Å². The first-order valence-corrected chi connectivity index (χ1v) is 7.39. The topological polar surface area (TPSA) is 69.4 Å². The van der Waals surface area contributed by atoms with E-state index >= 15 is 0 Å². The van der Waals surface area contributed by atoms with Crippen molar-refractivity contribution in [1.82, 2.24) is 15.4 Å². The van der Waals surface area contributed by atoms with Crippen molar-refractivity contribution in [2.75, 3.05) is 19.5 Å². The number of nitrogens with zero attached hydrogens (tertiary/aromatic N) is 1. The van der Waals surface area contributed by atoms with Gasteiger partial charge < -0.3 is 15.6 Å². The molecule has 1 amide bonds. The van der Waals surface area contributed by atoms with Gasteiger partial charge in [0.1, 0.15) is 11.2 Å². The smallest absolute Gasteiger partial charge is 0.293 e. The molecule has 1 aromatic carbocycles. The number of hydrogen-bond donors (Lipinski definition) is 3. The molecular weight excluding hydrogens is 288 g/mol. The van der Waals surface area contributed by atoms with Gasteiger partial charge >= 0.3 is 0 Å². The number of carbonyl (C=O) groups is 1. The number of nitrogens with one attached hydrogen (secondary N) is 3. The van der Waals surface area contributed by atoms with Gasteiger partial charge in [-0.15, -0.1) is 0 Å². The maximum Gasteiger partial charge on any atom is 0.293 e. The molecule has 1 aliphatic heterocycles. The van der Waals surface area contributed by atoms with Crippen LogP contribution in [0.3, 0.4) is 0 Å². The Labute approximate surface area is 126 Å². The van der Waals surface area contributed by atoms with E-state index in [1.165, 1.54) is 23.9 Å². The molecule has 7 heteroatoms. The van der Waals surface area contributed by atoms with Gasteiger partial charge in [0, 0.05) is 35.2 Å². The van der Waals surface area contributed by atoms with Crippen LogP contribution < -0.4 is 10.6 Å². The van der Waals surface area contributed by atoms with Gasteiger partial charge in [-0.25, -0.2) is 5.06 Å². The highest BCUT2D eigenvalue weighted by Crippen LogP contribution is 2.25. The zero-order valence-electron chi connectivity index (χ0n) is 11.7. The van der Waals surface area contributed by atoms with E-state index in [0.29, 0.717) is 5.70 Å². The summed E-state index contributed by atoms with van der Waals surface area (Å²) in [5.74, 6) is -0.199. The standard InChI is InChI=1S/C14H16N4O2S/c1-18(20-2)13(19)12-8-21-14(17-12)16-10-3-4-11-9(7-10)5-6-15-11/h3-8,14-17H,1-2H3. The third kappa shape index (κ3) is 2.84.